The molecule has 3 rings (SSSR count). The highest BCUT2D eigenvalue weighted by Gasteiger charge is 2.23. The van der Waals surface area contributed by atoms with E-state index in [4.69, 9.17) is 9.47 Å². The third-order valence-electron chi connectivity index (χ3n) is 3.56. The van der Waals surface area contributed by atoms with Gasteiger partial charge in [0, 0.05) is 12.1 Å². The highest BCUT2D eigenvalue weighted by molar-refractivity contribution is 5.51. The van der Waals surface area contributed by atoms with E-state index in [1.165, 1.54) is 24.0 Å². The van der Waals surface area contributed by atoms with Crippen LogP contribution in [0.15, 0.2) is 12.1 Å². The van der Waals surface area contributed by atoms with Crippen LogP contribution in [0.25, 0.3) is 0 Å². The van der Waals surface area contributed by atoms with Gasteiger partial charge in [0.25, 0.3) is 0 Å². The number of rotatable bonds is 4. The first-order chi connectivity index (χ1) is 8.38. The predicted molar refractivity (Wildman–Crippen MR) is 66.6 cm³/mol. The first-order valence-electron chi connectivity index (χ1n) is 6.40. The Morgan fingerprint density at radius 2 is 2.24 bits per heavy atom. The van der Waals surface area contributed by atoms with Crippen molar-refractivity contribution in [2.24, 2.45) is 5.92 Å². The predicted octanol–water partition coefficient (Wildman–Crippen LogP) is 2.13. The number of fused-ring (bicyclic) bond motifs is 1. The Labute approximate surface area is 102 Å². The molecule has 2 aliphatic rings. The van der Waals surface area contributed by atoms with Crippen molar-refractivity contribution in [3.8, 4) is 11.5 Å². The smallest absolute Gasteiger partial charge is 0.164 e. The van der Waals surface area contributed by atoms with E-state index in [-0.39, 0.29) is 0 Å². The van der Waals surface area contributed by atoms with Crippen LogP contribution in [0.3, 0.4) is 0 Å². The molecular weight excluding hydrogens is 214 g/mol. The van der Waals surface area contributed by atoms with Gasteiger partial charge in [0.2, 0.25) is 0 Å². The van der Waals surface area contributed by atoms with Gasteiger partial charge in [0.05, 0.1) is 13.7 Å². The molecule has 92 valence electrons. The van der Waals surface area contributed by atoms with Crippen LogP contribution in [0.1, 0.15) is 24.0 Å². The van der Waals surface area contributed by atoms with E-state index < -0.39 is 0 Å². The van der Waals surface area contributed by atoms with Gasteiger partial charge < -0.3 is 14.8 Å². The van der Waals surface area contributed by atoms with Gasteiger partial charge in [0.1, 0.15) is 0 Å². The first kappa shape index (κ1) is 10.9. The maximum Gasteiger partial charge on any atom is 0.164 e. The van der Waals surface area contributed by atoms with Crippen LogP contribution in [-0.4, -0.2) is 20.3 Å². The lowest BCUT2D eigenvalue weighted by atomic mass is 9.99. The summed E-state index contributed by atoms with van der Waals surface area (Å²) in [6, 6.07) is 4.21. The highest BCUT2D eigenvalue weighted by Crippen LogP contribution is 2.37. The molecule has 1 aromatic carbocycles. The normalized spacial score (nSPS) is 18.6. The number of hydrogen-bond donors (Lipinski definition) is 1. The molecule has 1 fully saturated rings. The Bertz CT molecular complexity index is 413. The van der Waals surface area contributed by atoms with Crippen LogP contribution in [0.2, 0.25) is 0 Å². The fourth-order valence-corrected chi connectivity index (χ4v) is 2.35. The summed E-state index contributed by atoms with van der Waals surface area (Å²) in [5, 5.41) is 3.38. The summed E-state index contributed by atoms with van der Waals surface area (Å²) in [6.07, 6.45) is 3.66. The van der Waals surface area contributed by atoms with Crippen molar-refractivity contribution >= 4 is 0 Å². The zero-order chi connectivity index (χ0) is 11.7. The third-order valence-corrected chi connectivity index (χ3v) is 3.56. The maximum absolute atomic E-state index is 5.87. The lowest BCUT2D eigenvalue weighted by molar-refractivity contribution is 0.278. The summed E-state index contributed by atoms with van der Waals surface area (Å²) < 4.78 is 11.4. The van der Waals surface area contributed by atoms with Gasteiger partial charge in [-0.25, -0.2) is 0 Å². The molecule has 0 aromatic heterocycles. The van der Waals surface area contributed by atoms with Gasteiger partial charge in [0.15, 0.2) is 11.5 Å². The molecule has 3 nitrogen and oxygen atoms in total. The second kappa shape index (κ2) is 4.57. The summed E-state index contributed by atoms with van der Waals surface area (Å²) in [4.78, 5) is 0. The molecule has 1 aliphatic heterocycles. The number of benzene rings is 1. The molecule has 0 amide bonds. The quantitative estimate of drug-likeness (QED) is 0.864. The lowest BCUT2D eigenvalue weighted by Gasteiger charge is -2.21. The Morgan fingerprint density at radius 3 is 3.00 bits per heavy atom. The van der Waals surface area contributed by atoms with E-state index in [0.717, 1.165) is 43.5 Å². The number of ether oxygens (including phenoxy) is 2. The molecule has 1 aliphatic carbocycles. The van der Waals surface area contributed by atoms with Crippen molar-refractivity contribution < 1.29 is 9.47 Å². The molecule has 0 spiro atoms. The van der Waals surface area contributed by atoms with Gasteiger partial charge in [-0.1, -0.05) is 6.07 Å². The topological polar surface area (TPSA) is 30.5 Å². The van der Waals surface area contributed by atoms with E-state index >= 15 is 0 Å². The monoisotopic (exact) mass is 233 g/mol. The minimum absolute atomic E-state index is 0.775. The van der Waals surface area contributed by atoms with Gasteiger partial charge in [-0.3, -0.25) is 0 Å². The van der Waals surface area contributed by atoms with E-state index in [0.29, 0.717) is 0 Å². The van der Waals surface area contributed by atoms with Crippen LogP contribution in [-0.2, 0) is 13.0 Å². The molecule has 1 aromatic rings. The van der Waals surface area contributed by atoms with E-state index in [1.54, 1.807) is 7.11 Å². The van der Waals surface area contributed by atoms with Crippen molar-refractivity contribution in [2.75, 3.05) is 20.3 Å². The second-order valence-corrected chi connectivity index (χ2v) is 4.92. The molecule has 1 N–H and O–H groups in total. The molecule has 0 bridgehead atoms. The summed E-state index contributed by atoms with van der Waals surface area (Å²) in [5.74, 6) is 2.64. The molecule has 1 heterocycles. The van der Waals surface area contributed by atoms with E-state index in [1.807, 2.05) is 6.07 Å². The van der Waals surface area contributed by atoms with Crippen LogP contribution in [0.5, 0.6) is 11.5 Å². The molecule has 0 atom stereocenters. The maximum atomic E-state index is 5.87. The average Bonchev–Trinajstić information content (AvgIpc) is 3.19. The average molecular weight is 233 g/mol. The molecule has 1 saturated carbocycles. The summed E-state index contributed by atoms with van der Waals surface area (Å²) in [7, 11) is 1.74. The van der Waals surface area contributed by atoms with Crippen molar-refractivity contribution in [1.29, 1.82) is 0 Å². The fourth-order valence-electron chi connectivity index (χ4n) is 2.35. The number of methoxy groups -OCH3 is 1. The third kappa shape index (κ3) is 2.25. The van der Waals surface area contributed by atoms with Crippen molar-refractivity contribution in [2.45, 2.75) is 25.8 Å². The summed E-state index contributed by atoms with van der Waals surface area (Å²) >= 11 is 0. The Morgan fingerprint density at radius 1 is 1.35 bits per heavy atom. The largest absolute Gasteiger partial charge is 0.493 e. The zero-order valence-corrected chi connectivity index (χ0v) is 10.3. The van der Waals surface area contributed by atoms with Crippen LogP contribution in [0, 0.1) is 5.92 Å². The van der Waals surface area contributed by atoms with E-state index in [9.17, 15) is 0 Å². The Balaban J connectivity index is 1.85. The molecule has 0 saturated heterocycles. The van der Waals surface area contributed by atoms with Crippen LogP contribution in [0.4, 0.5) is 0 Å². The fraction of sp³-hybridized carbons (Fsp3) is 0.571. The van der Waals surface area contributed by atoms with Gasteiger partial charge in [-0.2, -0.15) is 0 Å². The van der Waals surface area contributed by atoms with Gasteiger partial charge in [-0.05, 0) is 43.4 Å². The van der Waals surface area contributed by atoms with Crippen LogP contribution >= 0.6 is 0 Å². The van der Waals surface area contributed by atoms with Gasteiger partial charge >= 0.3 is 0 Å². The highest BCUT2D eigenvalue weighted by atomic mass is 16.5. The number of hydrogen-bond acceptors (Lipinski definition) is 3. The van der Waals surface area contributed by atoms with Crippen LogP contribution < -0.4 is 14.8 Å². The molecular formula is C14H19NO2. The van der Waals surface area contributed by atoms with E-state index in [2.05, 4.69) is 11.4 Å². The van der Waals surface area contributed by atoms with Crippen molar-refractivity contribution in [3.63, 3.8) is 0 Å². The molecule has 3 heteroatoms. The Hall–Kier alpha value is -1.22. The van der Waals surface area contributed by atoms with Crippen molar-refractivity contribution in [1.82, 2.24) is 5.32 Å². The Kier molecular flexibility index (Phi) is 2.93. The lowest BCUT2D eigenvalue weighted by Crippen LogP contribution is -2.24. The second-order valence-electron chi connectivity index (χ2n) is 4.92. The zero-order valence-electron chi connectivity index (χ0n) is 10.3. The van der Waals surface area contributed by atoms with Gasteiger partial charge in [-0.15, -0.1) is 0 Å². The minimum Gasteiger partial charge on any atom is -0.493 e. The first-order valence-corrected chi connectivity index (χ1v) is 6.40. The summed E-state index contributed by atoms with van der Waals surface area (Å²) in [5.41, 5.74) is 2.66. The minimum atomic E-state index is 0.775. The summed E-state index contributed by atoms with van der Waals surface area (Å²) in [6.45, 7) is 2.80. The molecule has 17 heavy (non-hydrogen) atoms. The van der Waals surface area contributed by atoms with Crippen molar-refractivity contribution in [3.05, 3.63) is 23.3 Å². The molecule has 0 radical (unpaired) electrons. The molecule has 0 unspecified atom stereocenters. The SMILES string of the molecule is COc1c(OCC2CC2)ccc2c1CCNC2. The standard InChI is InChI=1S/C14H19NO2/c1-16-14-12-6-7-15-8-11(12)4-5-13(14)17-9-10-2-3-10/h4-5,10,15H,2-3,6-9H2,1H3. The number of nitrogens with one attached hydrogen (secondary N) is 1.